The highest BCUT2D eigenvalue weighted by Crippen LogP contribution is 2.10. The Morgan fingerprint density at radius 1 is 1.03 bits per heavy atom. The Balaban J connectivity index is 0.00000480. The van der Waals surface area contributed by atoms with Gasteiger partial charge in [-0.05, 0) is 41.8 Å². The van der Waals surface area contributed by atoms with E-state index in [1.165, 1.54) is 7.11 Å². The predicted octanol–water partition coefficient (Wildman–Crippen LogP) is 3.09. The van der Waals surface area contributed by atoms with E-state index in [4.69, 9.17) is 0 Å². The van der Waals surface area contributed by atoms with E-state index in [-0.39, 0.29) is 29.9 Å². The molecule has 0 aromatic heterocycles. The Bertz CT molecular complexity index is 885. The number of aliphatic imine (C=N–C) groups is 1. The molecule has 3 N–H and O–H groups in total. The third-order valence-corrected chi connectivity index (χ3v) is 4.36. The van der Waals surface area contributed by atoms with Crippen molar-refractivity contribution in [3.63, 3.8) is 0 Å². The summed E-state index contributed by atoms with van der Waals surface area (Å²) in [4.78, 5) is 29.1. The maximum Gasteiger partial charge on any atom is 0.411 e. The zero-order valence-electron chi connectivity index (χ0n) is 18.3. The van der Waals surface area contributed by atoms with E-state index in [1.807, 2.05) is 48.5 Å². The average Bonchev–Trinajstić information content (AvgIpc) is 2.76. The lowest BCUT2D eigenvalue weighted by Crippen LogP contribution is -2.37. The van der Waals surface area contributed by atoms with Crippen LogP contribution in [-0.4, -0.2) is 57.7 Å². The number of ether oxygens (including phenoxy) is 1. The molecule has 0 fully saturated rings. The number of carbonyl (C=O) groups is 2. The highest BCUT2D eigenvalue weighted by Gasteiger charge is 2.08. The van der Waals surface area contributed by atoms with Crippen molar-refractivity contribution in [3.8, 4) is 0 Å². The van der Waals surface area contributed by atoms with E-state index in [0.29, 0.717) is 30.3 Å². The van der Waals surface area contributed by atoms with E-state index >= 15 is 0 Å². The molecule has 8 nitrogen and oxygen atoms in total. The number of guanidine groups is 1. The molecule has 0 saturated carbocycles. The predicted molar refractivity (Wildman–Crippen MR) is 134 cm³/mol. The van der Waals surface area contributed by atoms with Crippen LogP contribution in [0.4, 0.5) is 10.5 Å². The summed E-state index contributed by atoms with van der Waals surface area (Å²) in [6.07, 6.45) is 0.269. The fourth-order valence-electron chi connectivity index (χ4n) is 2.72. The summed E-state index contributed by atoms with van der Waals surface area (Å²) in [6.45, 7) is 1.27. The van der Waals surface area contributed by atoms with Crippen molar-refractivity contribution in [2.75, 3.05) is 40.1 Å². The number of amides is 2. The molecule has 0 bridgehead atoms. The molecule has 0 heterocycles. The topological polar surface area (TPSA) is 95.1 Å². The summed E-state index contributed by atoms with van der Waals surface area (Å²) >= 11 is 0. The first kappa shape index (κ1) is 26.2. The molecule has 0 atom stereocenters. The van der Waals surface area contributed by atoms with Crippen molar-refractivity contribution in [1.29, 1.82) is 0 Å². The number of anilines is 1. The largest absolute Gasteiger partial charge is 0.453 e. The van der Waals surface area contributed by atoms with Crippen LogP contribution in [0.5, 0.6) is 0 Å². The van der Waals surface area contributed by atoms with Crippen LogP contribution in [0.25, 0.3) is 0 Å². The number of nitrogens with zero attached hydrogens (tertiary/aromatic N) is 2. The molecule has 0 aliphatic heterocycles. The molecule has 0 unspecified atom stereocenters. The average molecular weight is 539 g/mol. The number of rotatable bonds is 7. The fraction of sp³-hybridized carbons (Fsp3) is 0.318. The lowest BCUT2D eigenvalue weighted by molar-refractivity contribution is 0.0827. The Labute approximate surface area is 200 Å². The molecule has 2 aromatic carbocycles. The van der Waals surface area contributed by atoms with Crippen molar-refractivity contribution in [2.24, 2.45) is 4.99 Å². The molecule has 168 valence electrons. The zero-order valence-corrected chi connectivity index (χ0v) is 20.6. The smallest absolute Gasteiger partial charge is 0.411 e. The SMILES string of the molecule is CN=C(NCCc1cccc(C(=O)N(C)C)c1)NCc1ccc(NC(=O)OC)cc1.I. The van der Waals surface area contributed by atoms with E-state index < -0.39 is 6.09 Å². The van der Waals surface area contributed by atoms with Gasteiger partial charge in [-0.1, -0.05) is 24.3 Å². The molecule has 0 aliphatic carbocycles. The van der Waals surface area contributed by atoms with Crippen molar-refractivity contribution in [3.05, 3.63) is 65.2 Å². The first-order valence-electron chi connectivity index (χ1n) is 9.62. The Morgan fingerprint density at radius 3 is 2.35 bits per heavy atom. The van der Waals surface area contributed by atoms with E-state index in [1.54, 1.807) is 26.0 Å². The van der Waals surface area contributed by atoms with Crippen molar-refractivity contribution < 1.29 is 14.3 Å². The summed E-state index contributed by atoms with van der Waals surface area (Å²) in [5.41, 5.74) is 3.48. The molecule has 0 spiro atoms. The molecule has 0 radical (unpaired) electrons. The zero-order chi connectivity index (χ0) is 21.9. The van der Waals surface area contributed by atoms with Gasteiger partial charge in [0.05, 0.1) is 7.11 Å². The first-order valence-corrected chi connectivity index (χ1v) is 9.62. The summed E-state index contributed by atoms with van der Waals surface area (Å²) < 4.78 is 4.57. The van der Waals surface area contributed by atoms with Gasteiger partial charge in [-0.3, -0.25) is 15.1 Å². The molecule has 2 aromatic rings. The molecular formula is C22H30IN5O3. The van der Waals surface area contributed by atoms with Gasteiger partial charge < -0.3 is 20.3 Å². The van der Waals surface area contributed by atoms with Crippen LogP contribution in [0.15, 0.2) is 53.5 Å². The lowest BCUT2D eigenvalue weighted by Gasteiger charge is -2.13. The van der Waals surface area contributed by atoms with Crippen LogP contribution in [0.1, 0.15) is 21.5 Å². The molecule has 9 heteroatoms. The van der Waals surface area contributed by atoms with Gasteiger partial charge in [0, 0.05) is 45.5 Å². The minimum absolute atomic E-state index is 0. The van der Waals surface area contributed by atoms with E-state index in [0.717, 1.165) is 17.5 Å². The van der Waals surface area contributed by atoms with Crippen molar-refractivity contribution in [1.82, 2.24) is 15.5 Å². The van der Waals surface area contributed by atoms with Crippen LogP contribution >= 0.6 is 24.0 Å². The molecule has 2 amide bonds. The molecule has 2 rings (SSSR count). The van der Waals surface area contributed by atoms with Gasteiger partial charge >= 0.3 is 6.09 Å². The standard InChI is InChI=1S/C22H29N5O3.HI/c1-23-21(25-15-17-8-10-19(11-9-17)26-22(29)30-4)24-13-12-16-6-5-7-18(14-16)20(28)27(2)3;/h5-11,14H,12-13,15H2,1-4H3,(H,26,29)(H2,23,24,25);1H. The van der Waals surface area contributed by atoms with Gasteiger partial charge in [-0.2, -0.15) is 0 Å². The molecule has 0 saturated heterocycles. The van der Waals surface area contributed by atoms with Crippen LogP contribution in [0.3, 0.4) is 0 Å². The summed E-state index contributed by atoms with van der Waals surface area (Å²) in [6, 6.07) is 15.1. The number of hydrogen-bond donors (Lipinski definition) is 3. The Morgan fingerprint density at radius 2 is 1.74 bits per heavy atom. The Kier molecular flexibility index (Phi) is 11.4. The number of carbonyl (C=O) groups excluding carboxylic acids is 2. The first-order chi connectivity index (χ1) is 14.4. The van der Waals surface area contributed by atoms with Crippen LogP contribution < -0.4 is 16.0 Å². The Hall–Kier alpha value is -2.82. The minimum atomic E-state index is -0.498. The fourth-order valence-corrected chi connectivity index (χ4v) is 2.72. The van der Waals surface area contributed by atoms with Crippen LogP contribution in [0, 0.1) is 0 Å². The minimum Gasteiger partial charge on any atom is -0.453 e. The number of hydrogen-bond acceptors (Lipinski definition) is 4. The van der Waals surface area contributed by atoms with Crippen LogP contribution in [-0.2, 0) is 17.7 Å². The van der Waals surface area contributed by atoms with E-state index in [9.17, 15) is 9.59 Å². The summed E-state index contributed by atoms with van der Waals surface area (Å²) in [5.74, 6) is 0.683. The highest BCUT2D eigenvalue weighted by atomic mass is 127. The molecule has 0 aliphatic rings. The maximum atomic E-state index is 12.1. The van der Waals surface area contributed by atoms with Gasteiger partial charge in [-0.25, -0.2) is 4.79 Å². The van der Waals surface area contributed by atoms with Crippen molar-refractivity contribution >= 4 is 47.6 Å². The summed E-state index contributed by atoms with van der Waals surface area (Å²) in [7, 11) is 6.53. The van der Waals surface area contributed by atoms with Gasteiger partial charge in [0.2, 0.25) is 0 Å². The monoisotopic (exact) mass is 539 g/mol. The second-order valence-corrected chi connectivity index (χ2v) is 6.82. The van der Waals surface area contributed by atoms with Gasteiger partial charge in [-0.15, -0.1) is 24.0 Å². The van der Waals surface area contributed by atoms with Crippen molar-refractivity contribution in [2.45, 2.75) is 13.0 Å². The summed E-state index contributed by atoms with van der Waals surface area (Å²) in [5, 5.41) is 9.14. The highest BCUT2D eigenvalue weighted by molar-refractivity contribution is 14.0. The second kappa shape index (κ2) is 13.5. The van der Waals surface area contributed by atoms with Gasteiger partial charge in [0.25, 0.3) is 5.91 Å². The van der Waals surface area contributed by atoms with E-state index in [2.05, 4.69) is 25.7 Å². The second-order valence-electron chi connectivity index (χ2n) is 6.82. The van der Waals surface area contributed by atoms with Gasteiger partial charge in [0.1, 0.15) is 0 Å². The van der Waals surface area contributed by atoms with Crippen LogP contribution in [0.2, 0.25) is 0 Å². The third kappa shape index (κ3) is 8.83. The number of benzene rings is 2. The number of methoxy groups -OCH3 is 1. The molecular weight excluding hydrogens is 509 g/mol. The normalized spacial score (nSPS) is 10.5. The number of halogens is 1. The maximum absolute atomic E-state index is 12.1. The molecule has 31 heavy (non-hydrogen) atoms. The lowest BCUT2D eigenvalue weighted by atomic mass is 10.1. The quantitative estimate of drug-likeness (QED) is 0.286. The van der Waals surface area contributed by atoms with Gasteiger partial charge in [0.15, 0.2) is 5.96 Å². The number of nitrogens with one attached hydrogen (secondary N) is 3. The third-order valence-electron chi connectivity index (χ3n) is 4.36.